The van der Waals surface area contributed by atoms with Crippen LogP contribution in [0, 0.1) is 11.5 Å². The van der Waals surface area contributed by atoms with Gasteiger partial charge in [-0.3, -0.25) is 14.8 Å². The van der Waals surface area contributed by atoms with Gasteiger partial charge >= 0.3 is 0 Å². The predicted octanol–water partition coefficient (Wildman–Crippen LogP) is 3.54. The molecule has 1 heterocycles. The minimum atomic E-state index is -0.283. The lowest BCUT2D eigenvalue weighted by molar-refractivity contribution is -0.119. The number of ether oxygens (including phenoxy) is 1. The van der Waals surface area contributed by atoms with Gasteiger partial charge in [-0.05, 0) is 23.8 Å². The molecule has 8 heteroatoms. The Morgan fingerprint density at radius 1 is 1.15 bits per heavy atom. The number of nitriles is 1. The lowest BCUT2D eigenvalue weighted by Crippen LogP contribution is -2.35. The monoisotopic (exact) mass is 442 g/mol. The quantitative estimate of drug-likeness (QED) is 0.155. The molecular formula is C25H26N6O2. The molecule has 1 amide bonds. The summed E-state index contributed by atoms with van der Waals surface area (Å²) in [4.78, 5) is 19.9. The molecule has 0 aliphatic heterocycles. The number of carbonyl (C=O) groups excluding carboxylic acids is 1. The van der Waals surface area contributed by atoms with Crippen LogP contribution in [0.4, 0.5) is 5.69 Å². The average molecular weight is 443 g/mol. The molecular weight excluding hydrogens is 416 g/mol. The highest BCUT2D eigenvalue weighted by Crippen LogP contribution is 2.30. The number of hydrogen-bond acceptors (Lipinski definition) is 6. The minimum absolute atomic E-state index is 0.120. The molecule has 1 aromatic heterocycles. The summed E-state index contributed by atoms with van der Waals surface area (Å²) in [6, 6.07) is 21.4. The van der Waals surface area contributed by atoms with E-state index in [4.69, 9.17) is 10.00 Å². The van der Waals surface area contributed by atoms with Crippen molar-refractivity contribution in [1.29, 1.82) is 5.26 Å². The SMILES string of the molecule is CC(=O)NCC(CCN=CN(NC#N)c1ccncc1)Oc1ccccc1-c1ccccc1. The van der Waals surface area contributed by atoms with Crippen LogP contribution in [-0.4, -0.2) is 36.4 Å². The number of pyridine rings is 1. The fourth-order valence-electron chi connectivity index (χ4n) is 3.14. The third-order valence-corrected chi connectivity index (χ3v) is 4.73. The van der Waals surface area contributed by atoms with Crippen molar-refractivity contribution in [2.24, 2.45) is 4.99 Å². The number of amides is 1. The number of rotatable bonds is 11. The summed E-state index contributed by atoms with van der Waals surface area (Å²) in [5.41, 5.74) is 5.34. The first-order valence-corrected chi connectivity index (χ1v) is 10.6. The van der Waals surface area contributed by atoms with Crippen LogP contribution in [0.25, 0.3) is 11.1 Å². The van der Waals surface area contributed by atoms with Gasteiger partial charge in [0.25, 0.3) is 0 Å². The van der Waals surface area contributed by atoms with E-state index in [1.54, 1.807) is 30.9 Å². The number of para-hydroxylation sites is 1. The van der Waals surface area contributed by atoms with Crippen molar-refractivity contribution in [3.05, 3.63) is 79.1 Å². The molecule has 1 unspecified atom stereocenters. The molecule has 0 bridgehead atoms. The summed E-state index contributed by atoms with van der Waals surface area (Å²) in [7, 11) is 0. The summed E-state index contributed by atoms with van der Waals surface area (Å²) < 4.78 is 6.31. The first-order chi connectivity index (χ1) is 16.2. The molecule has 3 rings (SSSR count). The van der Waals surface area contributed by atoms with Crippen molar-refractivity contribution < 1.29 is 9.53 Å². The van der Waals surface area contributed by atoms with Crippen LogP contribution in [0.3, 0.4) is 0 Å². The van der Waals surface area contributed by atoms with E-state index in [0.29, 0.717) is 19.5 Å². The van der Waals surface area contributed by atoms with Crippen molar-refractivity contribution in [3.63, 3.8) is 0 Å². The van der Waals surface area contributed by atoms with Crippen LogP contribution in [0.1, 0.15) is 13.3 Å². The molecule has 0 aliphatic carbocycles. The van der Waals surface area contributed by atoms with Gasteiger partial charge in [-0.2, -0.15) is 5.26 Å². The molecule has 0 spiro atoms. The second kappa shape index (κ2) is 12.5. The van der Waals surface area contributed by atoms with Gasteiger partial charge in [-0.25, -0.2) is 10.4 Å². The van der Waals surface area contributed by atoms with Crippen molar-refractivity contribution in [2.45, 2.75) is 19.4 Å². The summed E-state index contributed by atoms with van der Waals surface area (Å²) in [6.45, 7) is 2.28. The maximum atomic E-state index is 11.5. The zero-order chi connectivity index (χ0) is 23.3. The highest BCUT2D eigenvalue weighted by molar-refractivity contribution is 5.78. The molecule has 3 aromatic rings. The van der Waals surface area contributed by atoms with Gasteiger partial charge in [-0.1, -0.05) is 48.5 Å². The topological polar surface area (TPSA) is 103 Å². The van der Waals surface area contributed by atoms with Crippen LogP contribution in [0.2, 0.25) is 0 Å². The smallest absolute Gasteiger partial charge is 0.217 e. The Labute approximate surface area is 193 Å². The number of aliphatic imine (C=N–C) groups is 1. The Hall–Kier alpha value is -4.38. The van der Waals surface area contributed by atoms with E-state index < -0.39 is 0 Å². The maximum absolute atomic E-state index is 11.5. The summed E-state index contributed by atoms with van der Waals surface area (Å²) in [5, 5.41) is 13.4. The number of benzene rings is 2. The molecule has 168 valence electrons. The molecule has 0 fully saturated rings. The molecule has 0 saturated heterocycles. The van der Waals surface area contributed by atoms with Gasteiger partial charge in [0.05, 0.1) is 12.2 Å². The molecule has 0 aliphatic rings. The average Bonchev–Trinajstić information content (AvgIpc) is 2.85. The van der Waals surface area contributed by atoms with E-state index in [9.17, 15) is 4.79 Å². The van der Waals surface area contributed by atoms with Crippen LogP contribution in [-0.2, 0) is 4.79 Å². The van der Waals surface area contributed by atoms with E-state index in [0.717, 1.165) is 22.6 Å². The Bertz CT molecular complexity index is 1080. The van der Waals surface area contributed by atoms with Gasteiger partial charge in [0, 0.05) is 37.8 Å². The number of hydrazine groups is 1. The van der Waals surface area contributed by atoms with E-state index in [1.807, 2.05) is 60.8 Å². The standard InChI is InChI=1S/C25H26N6O2/c1-20(32)29-17-23(13-16-28-19-31(30-18-26)22-11-14-27-15-12-22)33-25-10-6-5-9-24(25)21-7-3-2-4-8-21/h2-12,14-15,19,23,30H,13,16-17H2,1H3,(H,29,32). The second-order valence-corrected chi connectivity index (χ2v) is 7.15. The third kappa shape index (κ3) is 7.36. The third-order valence-electron chi connectivity index (χ3n) is 4.73. The first-order valence-electron chi connectivity index (χ1n) is 10.6. The molecule has 8 nitrogen and oxygen atoms in total. The van der Waals surface area contributed by atoms with E-state index >= 15 is 0 Å². The van der Waals surface area contributed by atoms with Crippen LogP contribution >= 0.6 is 0 Å². The number of nitrogens with one attached hydrogen (secondary N) is 2. The zero-order valence-electron chi connectivity index (χ0n) is 18.4. The molecule has 33 heavy (non-hydrogen) atoms. The summed E-state index contributed by atoms with van der Waals surface area (Å²) in [6.07, 6.45) is 7.00. The Kier molecular flexibility index (Phi) is 8.80. The molecule has 0 radical (unpaired) electrons. The molecule has 0 saturated carbocycles. The van der Waals surface area contributed by atoms with Gasteiger partial charge in [0.2, 0.25) is 5.91 Å². The van der Waals surface area contributed by atoms with Crippen molar-refractivity contribution in [3.8, 4) is 23.1 Å². The summed E-state index contributed by atoms with van der Waals surface area (Å²) >= 11 is 0. The Balaban J connectivity index is 1.69. The van der Waals surface area contributed by atoms with Crippen molar-refractivity contribution >= 4 is 17.9 Å². The fourth-order valence-corrected chi connectivity index (χ4v) is 3.14. The first kappa shape index (κ1) is 23.3. The van der Waals surface area contributed by atoms with Gasteiger partial charge in [-0.15, -0.1) is 0 Å². The highest BCUT2D eigenvalue weighted by atomic mass is 16.5. The molecule has 2 aromatic carbocycles. The molecule has 1 atom stereocenters. The van der Waals surface area contributed by atoms with E-state index in [-0.39, 0.29) is 12.0 Å². The zero-order valence-corrected chi connectivity index (χ0v) is 18.4. The number of anilines is 1. The summed E-state index contributed by atoms with van der Waals surface area (Å²) in [5.74, 6) is 0.623. The van der Waals surface area contributed by atoms with E-state index in [2.05, 4.69) is 20.7 Å². The highest BCUT2D eigenvalue weighted by Gasteiger charge is 2.14. The Morgan fingerprint density at radius 3 is 2.61 bits per heavy atom. The normalized spacial score (nSPS) is 11.4. The number of aromatic nitrogens is 1. The molecule has 2 N–H and O–H groups in total. The van der Waals surface area contributed by atoms with Crippen LogP contribution in [0.15, 0.2) is 84.1 Å². The maximum Gasteiger partial charge on any atom is 0.217 e. The largest absolute Gasteiger partial charge is 0.488 e. The Morgan fingerprint density at radius 2 is 1.88 bits per heavy atom. The minimum Gasteiger partial charge on any atom is -0.488 e. The predicted molar refractivity (Wildman–Crippen MR) is 128 cm³/mol. The lowest BCUT2D eigenvalue weighted by Gasteiger charge is -2.21. The number of carbonyl (C=O) groups is 1. The van der Waals surface area contributed by atoms with Crippen molar-refractivity contribution in [1.82, 2.24) is 15.7 Å². The number of hydrogen-bond donors (Lipinski definition) is 2. The van der Waals surface area contributed by atoms with Crippen molar-refractivity contribution in [2.75, 3.05) is 18.1 Å². The van der Waals surface area contributed by atoms with Gasteiger partial charge in [0.1, 0.15) is 18.2 Å². The van der Waals surface area contributed by atoms with Crippen LogP contribution < -0.4 is 20.5 Å². The lowest BCUT2D eigenvalue weighted by atomic mass is 10.0. The van der Waals surface area contributed by atoms with E-state index in [1.165, 1.54) is 11.9 Å². The fraction of sp³-hybridized carbons (Fsp3) is 0.200. The van der Waals surface area contributed by atoms with Gasteiger partial charge in [0.15, 0.2) is 6.19 Å². The second-order valence-electron chi connectivity index (χ2n) is 7.15. The van der Waals surface area contributed by atoms with Crippen LogP contribution in [0.5, 0.6) is 5.75 Å². The van der Waals surface area contributed by atoms with Gasteiger partial charge < -0.3 is 10.1 Å². The number of nitrogens with zero attached hydrogens (tertiary/aromatic N) is 4.